The SMILES string of the molecule is CC(C)(CNC(=O)Br)C1CCCCC1. The summed E-state index contributed by atoms with van der Waals surface area (Å²) in [5, 5.41) is 2.86. The largest absolute Gasteiger partial charge is 0.346 e. The smallest absolute Gasteiger partial charge is 0.287 e. The van der Waals surface area contributed by atoms with Gasteiger partial charge in [-0.1, -0.05) is 33.1 Å². The van der Waals surface area contributed by atoms with Crippen molar-refractivity contribution in [1.29, 1.82) is 0 Å². The highest BCUT2D eigenvalue weighted by Crippen LogP contribution is 2.37. The minimum absolute atomic E-state index is 0.0959. The van der Waals surface area contributed by atoms with Crippen LogP contribution in [-0.4, -0.2) is 11.4 Å². The Morgan fingerprint density at radius 1 is 1.36 bits per heavy atom. The standard InChI is InChI=1S/C11H20BrNO/c1-11(2,8-13-10(12)14)9-6-4-3-5-7-9/h9H,3-8H2,1-2H3,(H,13,14). The molecule has 1 aliphatic carbocycles. The number of carbonyl (C=O) groups is 1. The fraction of sp³-hybridized carbons (Fsp3) is 0.909. The fourth-order valence-electron chi connectivity index (χ4n) is 2.33. The molecule has 0 aromatic carbocycles. The van der Waals surface area contributed by atoms with Gasteiger partial charge in [0.2, 0.25) is 0 Å². The van der Waals surface area contributed by atoms with Gasteiger partial charge >= 0.3 is 0 Å². The van der Waals surface area contributed by atoms with E-state index in [2.05, 4.69) is 35.1 Å². The van der Waals surface area contributed by atoms with Crippen molar-refractivity contribution in [2.75, 3.05) is 6.54 Å². The van der Waals surface area contributed by atoms with Crippen LogP contribution in [0.25, 0.3) is 0 Å². The lowest BCUT2D eigenvalue weighted by atomic mass is 9.71. The second-order valence-corrected chi connectivity index (χ2v) is 5.67. The molecule has 3 heteroatoms. The first-order valence-corrected chi connectivity index (χ1v) is 6.25. The van der Waals surface area contributed by atoms with Gasteiger partial charge in [-0.15, -0.1) is 0 Å². The Kier molecular flexibility index (Phi) is 4.42. The predicted molar refractivity (Wildman–Crippen MR) is 62.7 cm³/mol. The van der Waals surface area contributed by atoms with Crippen molar-refractivity contribution < 1.29 is 4.79 Å². The maximum atomic E-state index is 10.8. The van der Waals surface area contributed by atoms with Gasteiger partial charge in [-0.2, -0.15) is 0 Å². The average Bonchev–Trinajstić information content (AvgIpc) is 2.16. The Morgan fingerprint density at radius 2 is 1.93 bits per heavy atom. The molecule has 0 saturated heterocycles. The zero-order valence-corrected chi connectivity index (χ0v) is 10.7. The van der Waals surface area contributed by atoms with E-state index in [1.165, 1.54) is 32.1 Å². The molecule has 0 bridgehead atoms. The zero-order valence-electron chi connectivity index (χ0n) is 9.11. The van der Waals surface area contributed by atoms with E-state index >= 15 is 0 Å². The van der Waals surface area contributed by atoms with Crippen LogP contribution < -0.4 is 5.32 Å². The molecule has 0 heterocycles. The highest BCUT2D eigenvalue weighted by atomic mass is 79.9. The van der Waals surface area contributed by atoms with E-state index in [1.807, 2.05) is 0 Å². The quantitative estimate of drug-likeness (QED) is 0.609. The van der Waals surface area contributed by atoms with Crippen LogP contribution >= 0.6 is 15.9 Å². The van der Waals surface area contributed by atoms with E-state index < -0.39 is 0 Å². The van der Waals surface area contributed by atoms with Crippen LogP contribution in [0.2, 0.25) is 0 Å². The van der Waals surface area contributed by atoms with E-state index in [-0.39, 0.29) is 10.2 Å². The molecule has 0 aromatic rings. The van der Waals surface area contributed by atoms with Gasteiger partial charge in [0, 0.05) is 22.5 Å². The van der Waals surface area contributed by atoms with Crippen LogP contribution in [-0.2, 0) is 0 Å². The summed E-state index contributed by atoms with van der Waals surface area (Å²) in [7, 11) is 0. The molecule has 1 aliphatic rings. The van der Waals surface area contributed by atoms with Crippen LogP contribution in [0.4, 0.5) is 4.79 Å². The number of amides is 1. The van der Waals surface area contributed by atoms with Gasteiger partial charge in [-0.05, 0) is 24.2 Å². The molecule has 1 saturated carbocycles. The van der Waals surface area contributed by atoms with E-state index in [9.17, 15) is 4.79 Å². The van der Waals surface area contributed by atoms with Crippen molar-refractivity contribution >= 4 is 20.7 Å². The first-order valence-electron chi connectivity index (χ1n) is 5.46. The molecule has 82 valence electrons. The Hall–Kier alpha value is -0.0500. The second-order valence-electron chi connectivity index (χ2n) is 4.95. The normalized spacial score (nSPS) is 19.4. The first kappa shape index (κ1) is 12.0. The monoisotopic (exact) mass is 261 g/mol. The number of hydrogen-bond donors (Lipinski definition) is 1. The van der Waals surface area contributed by atoms with Crippen molar-refractivity contribution in [1.82, 2.24) is 5.32 Å². The van der Waals surface area contributed by atoms with Crippen molar-refractivity contribution in [3.63, 3.8) is 0 Å². The van der Waals surface area contributed by atoms with Crippen LogP contribution in [0.3, 0.4) is 0 Å². The van der Waals surface area contributed by atoms with Crippen molar-refractivity contribution in [2.45, 2.75) is 46.0 Å². The molecule has 1 rings (SSSR count). The molecular formula is C11H20BrNO. The molecule has 0 spiro atoms. The first-order chi connectivity index (χ1) is 6.52. The molecule has 0 aromatic heterocycles. The number of nitrogens with one attached hydrogen (secondary N) is 1. The Morgan fingerprint density at radius 3 is 2.43 bits per heavy atom. The number of hydrogen-bond acceptors (Lipinski definition) is 1. The van der Waals surface area contributed by atoms with Crippen LogP contribution in [0, 0.1) is 11.3 Å². The maximum absolute atomic E-state index is 10.8. The van der Waals surface area contributed by atoms with Gasteiger partial charge < -0.3 is 5.32 Å². The molecule has 1 fully saturated rings. The maximum Gasteiger partial charge on any atom is 0.287 e. The van der Waals surface area contributed by atoms with Crippen LogP contribution in [0.15, 0.2) is 0 Å². The van der Waals surface area contributed by atoms with Crippen LogP contribution in [0.5, 0.6) is 0 Å². The highest BCUT2D eigenvalue weighted by Gasteiger charge is 2.30. The minimum atomic E-state index is -0.0959. The third-order valence-corrected chi connectivity index (χ3v) is 3.67. The number of rotatable bonds is 3. The van der Waals surface area contributed by atoms with Gasteiger partial charge in [0.15, 0.2) is 0 Å². The summed E-state index contributed by atoms with van der Waals surface area (Å²) in [6.07, 6.45) is 6.75. The van der Waals surface area contributed by atoms with Gasteiger partial charge in [-0.25, -0.2) is 0 Å². The Labute approximate surface area is 95.0 Å². The van der Waals surface area contributed by atoms with E-state index in [4.69, 9.17) is 0 Å². The summed E-state index contributed by atoms with van der Waals surface area (Å²) in [5.41, 5.74) is 0.240. The molecule has 1 N–H and O–H groups in total. The summed E-state index contributed by atoms with van der Waals surface area (Å²) < 4.78 is 0. The Balaban J connectivity index is 2.41. The summed E-state index contributed by atoms with van der Waals surface area (Å²) in [4.78, 5) is 10.7. The molecule has 14 heavy (non-hydrogen) atoms. The van der Waals surface area contributed by atoms with Gasteiger partial charge in [-0.3, -0.25) is 4.79 Å². The molecule has 0 atom stereocenters. The summed E-state index contributed by atoms with van der Waals surface area (Å²) in [6, 6.07) is 0. The van der Waals surface area contributed by atoms with Crippen molar-refractivity contribution in [3.05, 3.63) is 0 Å². The minimum Gasteiger partial charge on any atom is -0.346 e. The third-order valence-electron chi connectivity index (χ3n) is 3.39. The highest BCUT2D eigenvalue weighted by molar-refractivity contribution is 9.18. The summed E-state index contributed by atoms with van der Waals surface area (Å²) in [5.74, 6) is 0.774. The summed E-state index contributed by atoms with van der Waals surface area (Å²) >= 11 is 2.90. The molecule has 0 unspecified atom stereocenters. The second kappa shape index (κ2) is 5.15. The third kappa shape index (κ3) is 3.60. The Bertz CT molecular complexity index is 197. The van der Waals surface area contributed by atoms with E-state index in [0.29, 0.717) is 0 Å². The zero-order chi connectivity index (χ0) is 10.6. The number of carbonyl (C=O) groups excluding carboxylic acids is 1. The molecular weight excluding hydrogens is 242 g/mol. The lowest BCUT2D eigenvalue weighted by Crippen LogP contribution is -2.37. The van der Waals surface area contributed by atoms with E-state index in [0.717, 1.165) is 12.5 Å². The van der Waals surface area contributed by atoms with Crippen LogP contribution in [0.1, 0.15) is 46.0 Å². The fourth-order valence-corrected chi connectivity index (χ4v) is 2.47. The number of halogens is 1. The lowest BCUT2D eigenvalue weighted by Gasteiger charge is -2.37. The molecule has 0 aliphatic heterocycles. The lowest BCUT2D eigenvalue weighted by molar-refractivity contribution is 0.157. The summed E-state index contributed by atoms with van der Waals surface area (Å²) in [6.45, 7) is 5.29. The van der Waals surface area contributed by atoms with Gasteiger partial charge in [0.05, 0.1) is 0 Å². The van der Waals surface area contributed by atoms with E-state index in [1.54, 1.807) is 0 Å². The molecule has 0 radical (unpaired) electrons. The molecule has 2 nitrogen and oxygen atoms in total. The topological polar surface area (TPSA) is 29.1 Å². The average molecular weight is 262 g/mol. The van der Waals surface area contributed by atoms with Crippen molar-refractivity contribution in [3.8, 4) is 0 Å². The predicted octanol–water partition coefficient (Wildman–Crippen LogP) is 3.70. The van der Waals surface area contributed by atoms with Gasteiger partial charge in [0.1, 0.15) is 0 Å². The van der Waals surface area contributed by atoms with Gasteiger partial charge in [0.25, 0.3) is 4.82 Å². The van der Waals surface area contributed by atoms with Crippen molar-refractivity contribution in [2.24, 2.45) is 11.3 Å². The molecule has 1 amide bonds.